The molecule has 1 aromatic heterocycles. The van der Waals surface area contributed by atoms with Crippen molar-refractivity contribution in [2.45, 2.75) is 6.42 Å². The van der Waals surface area contributed by atoms with Crippen LogP contribution in [0.15, 0.2) is 18.3 Å². The lowest BCUT2D eigenvalue weighted by Gasteiger charge is -2.19. The molecule has 1 unspecified atom stereocenters. The van der Waals surface area contributed by atoms with E-state index in [1.54, 1.807) is 6.20 Å². The molecule has 112 valence electrons. The fraction of sp³-hybridized carbons (Fsp3) is 0.467. The van der Waals surface area contributed by atoms with Crippen LogP contribution in [0.4, 0.5) is 14.6 Å². The first-order valence-electron chi connectivity index (χ1n) is 7.04. The molecule has 1 saturated heterocycles. The molecule has 1 atom stereocenters. The fourth-order valence-corrected chi connectivity index (χ4v) is 2.86. The minimum atomic E-state index is -0.892. The number of hydrogen-bond donors (Lipinski definition) is 0. The lowest BCUT2D eigenvalue weighted by Crippen LogP contribution is -2.26. The molecule has 4 nitrogen and oxygen atoms in total. The SMILES string of the molecule is CN(C)CC1CCN(c2cnc3cc(F)c(F)cc3n2)C1. The number of nitrogens with zero attached hydrogens (tertiary/aromatic N) is 4. The first-order chi connectivity index (χ1) is 10.0. The van der Waals surface area contributed by atoms with Crippen LogP contribution in [0.5, 0.6) is 0 Å². The molecule has 3 rings (SSSR count). The minimum absolute atomic E-state index is 0.377. The van der Waals surface area contributed by atoms with Crippen molar-refractivity contribution in [2.24, 2.45) is 5.92 Å². The monoisotopic (exact) mass is 292 g/mol. The van der Waals surface area contributed by atoms with Crippen molar-refractivity contribution in [1.82, 2.24) is 14.9 Å². The van der Waals surface area contributed by atoms with Gasteiger partial charge in [-0.3, -0.25) is 4.98 Å². The van der Waals surface area contributed by atoms with Gasteiger partial charge in [0.05, 0.1) is 17.2 Å². The third kappa shape index (κ3) is 2.95. The summed E-state index contributed by atoms with van der Waals surface area (Å²) in [6.07, 6.45) is 2.74. The van der Waals surface area contributed by atoms with Gasteiger partial charge in [-0.15, -0.1) is 0 Å². The van der Waals surface area contributed by atoms with Crippen LogP contribution in [0.25, 0.3) is 11.0 Å². The molecular formula is C15H18F2N4. The van der Waals surface area contributed by atoms with Crippen LogP contribution in [-0.4, -0.2) is 48.6 Å². The number of hydrogen-bond acceptors (Lipinski definition) is 4. The van der Waals surface area contributed by atoms with Crippen molar-refractivity contribution in [3.63, 3.8) is 0 Å². The average Bonchev–Trinajstić information content (AvgIpc) is 2.87. The van der Waals surface area contributed by atoms with Gasteiger partial charge in [-0.2, -0.15) is 0 Å². The highest BCUT2D eigenvalue weighted by molar-refractivity contribution is 5.75. The number of anilines is 1. The molecule has 0 aliphatic carbocycles. The lowest BCUT2D eigenvalue weighted by molar-refractivity contribution is 0.340. The Bertz CT molecular complexity index is 659. The van der Waals surface area contributed by atoms with Crippen LogP contribution < -0.4 is 4.90 Å². The molecule has 1 aliphatic rings. The first-order valence-corrected chi connectivity index (χ1v) is 7.04. The van der Waals surface area contributed by atoms with E-state index in [9.17, 15) is 8.78 Å². The lowest BCUT2D eigenvalue weighted by atomic mass is 10.1. The van der Waals surface area contributed by atoms with Crippen molar-refractivity contribution in [3.05, 3.63) is 30.0 Å². The molecule has 0 amide bonds. The topological polar surface area (TPSA) is 32.3 Å². The summed E-state index contributed by atoms with van der Waals surface area (Å²) in [6, 6.07) is 2.19. The van der Waals surface area contributed by atoms with Crippen molar-refractivity contribution in [1.29, 1.82) is 0 Å². The Balaban J connectivity index is 1.83. The Morgan fingerprint density at radius 2 is 1.95 bits per heavy atom. The highest BCUT2D eigenvalue weighted by Gasteiger charge is 2.24. The first kappa shape index (κ1) is 14.1. The van der Waals surface area contributed by atoms with E-state index in [1.807, 2.05) is 0 Å². The number of fused-ring (bicyclic) bond motifs is 1. The van der Waals surface area contributed by atoms with Gasteiger partial charge in [0.1, 0.15) is 5.82 Å². The second kappa shape index (κ2) is 5.52. The molecule has 0 spiro atoms. The normalized spacial score (nSPS) is 18.9. The van der Waals surface area contributed by atoms with Crippen molar-refractivity contribution in [2.75, 3.05) is 38.6 Å². The van der Waals surface area contributed by atoms with E-state index in [-0.39, 0.29) is 0 Å². The van der Waals surface area contributed by atoms with E-state index in [1.165, 1.54) is 0 Å². The summed E-state index contributed by atoms with van der Waals surface area (Å²) in [7, 11) is 4.13. The summed E-state index contributed by atoms with van der Waals surface area (Å²) in [5.41, 5.74) is 0.768. The third-order valence-corrected chi connectivity index (χ3v) is 3.80. The van der Waals surface area contributed by atoms with Crippen LogP contribution in [0, 0.1) is 17.6 Å². The van der Waals surface area contributed by atoms with Crippen molar-refractivity contribution < 1.29 is 8.78 Å². The van der Waals surface area contributed by atoms with Gasteiger partial charge >= 0.3 is 0 Å². The van der Waals surface area contributed by atoms with Gasteiger partial charge in [-0.25, -0.2) is 13.8 Å². The number of aromatic nitrogens is 2. The standard InChI is InChI=1S/C15H18F2N4/c1-20(2)8-10-3-4-21(9-10)15-7-18-13-5-11(16)12(17)6-14(13)19-15/h5-7,10H,3-4,8-9H2,1-2H3. The van der Waals surface area contributed by atoms with Gasteiger partial charge in [0.2, 0.25) is 0 Å². The molecule has 2 heterocycles. The molecule has 1 fully saturated rings. The zero-order valence-electron chi connectivity index (χ0n) is 12.2. The Labute approximate surface area is 122 Å². The Kier molecular flexibility index (Phi) is 3.71. The van der Waals surface area contributed by atoms with Crippen LogP contribution >= 0.6 is 0 Å². The molecule has 0 bridgehead atoms. The van der Waals surface area contributed by atoms with Crippen molar-refractivity contribution >= 4 is 16.9 Å². The quantitative estimate of drug-likeness (QED) is 0.869. The Morgan fingerprint density at radius 3 is 2.67 bits per heavy atom. The van der Waals surface area contributed by atoms with Crippen LogP contribution in [0.1, 0.15) is 6.42 Å². The van der Waals surface area contributed by atoms with E-state index in [4.69, 9.17) is 0 Å². The molecule has 21 heavy (non-hydrogen) atoms. The predicted molar refractivity (Wildman–Crippen MR) is 78.3 cm³/mol. The van der Waals surface area contributed by atoms with Gasteiger partial charge in [0, 0.05) is 31.8 Å². The highest BCUT2D eigenvalue weighted by Crippen LogP contribution is 2.24. The smallest absolute Gasteiger partial charge is 0.161 e. The van der Waals surface area contributed by atoms with Gasteiger partial charge in [0.15, 0.2) is 11.6 Å². The second-order valence-corrected chi connectivity index (χ2v) is 5.85. The summed E-state index contributed by atoms with van der Waals surface area (Å²) in [5, 5.41) is 0. The number of halogens is 2. The molecule has 2 aromatic rings. The van der Waals surface area contributed by atoms with Crippen LogP contribution in [0.2, 0.25) is 0 Å². The van der Waals surface area contributed by atoms with E-state index in [0.717, 1.165) is 44.0 Å². The van der Waals surface area contributed by atoms with Gasteiger partial charge in [-0.05, 0) is 26.4 Å². The van der Waals surface area contributed by atoms with Gasteiger partial charge in [0.25, 0.3) is 0 Å². The molecule has 1 aliphatic heterocycles. The molecule has 0 N–H and O–H groups in total. The van der Waals surface area contributed by atoms with Gasteiger partial charge < -0.3 is 9.80 Å². The van der Waals surface area contributed by atoms with Crippen LogP contribution in [0.3, 0.4) is 0 Å². The largest absolute Gasteiger partial charge is 0.355 e. The van der Waals surface area contributed by atoms with Gasteiger partial charge in [-0.1, -0.05) is 0 Å². The molecule has 6 heteroatoms. The van der Waals surface area contributed by atoms with Crippen molar-refractivity contribution in [3.8, 4) is 0 Å². The molecule has 0 saturated carbocycles. The number of benzene rings is 1. The summed E-state index contributed by atoms with van der Waals surface area (Å²) in [4.78, 5) is 12.9. The van der Waals surface area contributed by atoms with Crippen LogP contribution in [-0.2, 0) is 0 Å². The molecular weight excluding hydrogens is 274 g/mol. The maximum absolute atomic E-state index is 13.3. The second-order valence-electron chi connectivity index (χ2n) is 5.85. The maximum Gasteiger partial charge on any atom is 0.161 e. The Hall–Kier alpha value is -1.82. The summed E-state index contributed by atoms with van der Waals surface area (Å²) in [5.74, 6) is -0.449. The summed E-state index contributed by atoms with van der Waals surface area (Å²) in [6.45, 7) is 2.88. The number of rotatable bonds is 3. The zero-order chi connectivity index (χ0) is 15.0. The minimum Gasteiger partial charge on any atom is -0.355 e. The molecule has 1 aromatic carbocycles. The zero-order valence-corrected chi connectivity index (χ0v) is 12.2. The highest BCUT2D eigenvalue weighted by atomic mass is 19.2. The van der Waals surface area contributed by atoms with E-state index < -0.39 is 11.6 Å². The van der Waals surface area contributed by atoms with E-state index >= 15 is 0 Å². The summed E-state index contributed by atoms with van der Waals surface area (Å²) < 4.78 is 26.5. The fourth-order valence-electron chi connectivity index (χ4n) is 2.86. The molecule has 0 radical (unpaired) electrons. The maximum atomic E-state index is 13.3. The third-order valence-electron chi connectivity index (χ3n) is 3.80. The Morgan fingerprint density at radius 1 is 1.24 bits per heavy atom. The average molecular weight is 292 g/mol. The summed E-state index contributed by atoms with van der Waals surface area (Å²) >= 11 is 0. The van der Waals surface area contributed by atoms with E-state index in [0.29, 0.717) is 17.0 Å². The predicted octanol–water partition coefficient (Wildman–Crippen LogP) is 2.30. The van der Waals surface area contributed by atoms with E-state index in [2.05, 4.69) is 33.9 Å².